The van der Waals surface area contributed by atoms with Crippen molar-refractivity contribution in [1.29, 1.82) is 0 Å². The van der Waals surface area contributed by atoms with Gasteiger partial charge in [0.25, 0.3) is 0 Å². The molecule has 0 aliphatic carbocycles. The number of rotatable bonds is 4. The van der Waals surface area contributed by atoms with Crippen molar-refractivity contribution in [3.05, 3.63) is 40.6 Å². The van der Waals surface area contributed by atoms with Gasteiger partial charge in [-0.15, -0.1) is 0 Å². The summed E-state index contributed by atoms with van der Waals surface area (Å²) >= 11 is 5.75. The van der Waals surface area contributed by atoms with Crippen LogP contribution in [0.15, 0.2) is 30.0 Å². The predicted molar refractivity (Wildman–Crippen MR) is 63.2 cm³/mol. The van der Waals surface area contributed by atoms with Gasteiger partial charge in [-0.3, -0.25) is 0 Å². The van der Waals surface area contributed by atoms with Gasteiger partial charge in [0.05, 0.1) is 6.08 Å². The van der Waals surface area contributed by atoms with Gasteiger partial charge in [0, 0.05) is 10.7 Å². The van der Waals surface area contributed by atoms with Gasteiger partial charge >= 0.3 is 11.9 Å². The number of aryl methyl sites for hydroxylation is 1. The van der Waals surface area contributed by atoms with Crippen LogP contribution in [-0.4, -0.2) is 22.2 Å². The summed E-state index contributed by atoms with van der Waals surface area (Å²) in [5, 5.41) is 20.4. The molecule has 1 aromatic rings. The molecule has 0 saturated carbocycles. The van der Waals surface area contributed by atoms with Gasteiger partial charge in [0.15, 0.2) is 0 Å². The van der Waals surface area contributed by atoms with E-state index in [0.717, 1.165) is 5.56 Å². The Bertz CT molecular complexity index is 496. The van der Waals surface area contributed by atoms with Crippen molar-refractivity contribution in [2.45, 2.75) is 6.92 Å². The second kappa shape index (κ2) is 5.36. The maximum absolute atomic E-state index is 10.8. The molecule has 0 atom stereocenters. The number of nitrogens with one attached hydrogen (secondary N) is 1. The molecule has 0 fully saturated rings. The lowest BCUT2D eigenvalue weighted by atomic mass is 10.2. The van der Waals surface area contributed by atoms with Crippen LogP contribution in [0.1, 0.15) is 5.56 Å². The quantitative estimate of drug-likeness (QED) is 0.718. The van der Waals surface area contributed by atoms with Crippen molar-refractivity contribution in [2.24, 2.45) is 0 Å². The highest BCUT2D eigenvalue weighted by atomic mass is 35.5. The number of carbonyl (C=O) groups is 2. The van der Waals surface area contributed by atoms with Crippen molar-refractivity contribution in [2.75, 3.05) is 5.32 Å². The van der Waals surface area contributed by atoms with E-state index in [4.69, 9.17) is 21.8 Å². The summed E-state index contributed by atoms with van der Waals surface area (Å²) in [5.41, 5.74) is 0.794. The largest absolute Gasteiger partial charge is 0.478 e. The molecule has 17 heavy (non-hydrogen) atoms. The minimum Gasteiger partial charge on any atom is -0.478 e. The lowest BCUT2D eigenvalue weighted by Gasteiger charge is -2.09. The van der Waals surface area contributed by atoms with Gasteiger partial charge in [-0.05, 0) is 30.7 Å². The molecule has 0 aliphatic heterocycles. The second-order valence-corrected chi connectivity index (χ2v) is 3.72. The van der Waals surface area contributed by atoms with E-state index in [9.17, 15) is 9.59 Å². The monoisotopic (exact) mass is 255 g/mol. The Hall–Kier alpha value is -2.01. The molecule has 0 aliphatic rings. The average Bonchev–Trinajstić information content (AvgIpc) is 2.19. The first-order valence-corrected chi connectivity index (χ1v) is 4.99. The molecule has 5 nitrogen and oxygen atoms in total. The Morgan fingerprint density at radius 1 is 1.35 bits per heavy atom. The standard InChI is InChI=1S/C11H10ClNO4/c1-6-4-7(12)2-3-8(6)13-9(11(16)17)5-10(14)15/h2-5,13H,1H3,(H,14,15)(H,16,17). The third-order valence-electron chi connectivity index (χ3n) is 1.96. The van der Waals surface area contributed by atoms with Crippen LogP contribution in [0.2, 0.25) is 5.02 Å². The van der Waals surface area contributed by atoms with Crippen LogP contribution in [0.3, 0.4) is 0 Å². The number of carboxylic acids is 2. The van der Waals surface area contributed by atoms with Crippen molar-refractivity contribution < 1.29 is 19.8 Å². The van der Waals surface area contributed by atoms with E-state index in [1.807, 2.05) is 0 Å². The van der Waals surface area contributed by atoms with Crippen molar-refractivity contribution in [3.8, 4) is 0 Å². The SMILES string of the molecule is Cc1cc(Cl)ccc1NC(=CC(=O)O)C(=O)O. The first-order valence-electron chi connectivity index (χ1n) is 4.61. The van der Waals surface area contributed by atoms with Crippen LogP contribution < -0.4 is 5.32 Å². The van der Waals surface area contributed by atoms with Gasteiger partial charge in [-0.2, -0.15) is 0 Å². The summed E-state index contributed by atoms with van der Waals surface area (Å²) in [6.07, 6.45) is 0.594. The van der Waals surface area contributed by atoms with E-state index >= 15 is 0 Å². The van der Waals surface area contributed by atoms with Crippen LogP contribution in [0.4, 0.5) is 5.69 Å². The highest BCUT2D eigenvalue weighted by Gasteiger charge is 2.11. The first-order chi connectivity index (χ1) is 7.90. The van der Waals surface area contributed by atoms with Gasteiger partial charge < -0.3 is 15.5 Å². The van der Waals surface area contributed by atoms with Gasteiger partial charge in [-0.25, -0.2) is 9.59 Å². The number of aliphatic carboxylic acids is 2. The molecule has 0 amide bonds. The smallest absolute Gasteiger partial charge is 0.352 e. The summed E-state index contributed by atoms with van der Waals surface area (Å²) in [4.78, 5) is 21.2. The number of carboxylic acid groups (broad SMARTS) is 2. The highest BCUT2D eigenvalue weighted by Crippen LogP contribution is 2.20. The Kier molecular flexibility index (Phi) is 4.12. The fraction of sp³-hybridized carbons (Fsp3) is 0.0909. The summed E-state index contributed by atoms with van der Waals surface area (Å²) in [5.74, 6) is -2.68. The maximum atomic E-state index is 10.8. The third-order valence-corrected chi connectivity index (χ3v) is 2.19. The van der Waals surface area contributed by atoms with Crippen LogP contribution >= 0.6 is 11.6 Å². The Balaban J connectivity index is 3.02. The summed E-state index contributed by atoms with van der Waals surface area (Å²) in [6, 6.07) is 4.80. The molecule has 90 valence electrons. The van der Waals surface area contributed by atoms with Crippen molar-refractivity contribution in [3.63, 3.8) is 0 Å². The molecular weight excluding hydrogens is 246 g/mol. The maximum Gasteiger partial charge on any atom is 0.352 e. The van der Waals surface area contributed by atoms with Crippen molar-refractivity contribution in [1.82, 2.24) is 0 Å². The lowest BCUT2D eigenvalue weighted by Crippen LogP contribution is -2.13. The Labute approximate surface area is 102 Å². The molecule has 6 heteroatoms. The van der Waals surface area contributed by atoms with Gasteiger partial charge in [-0.1, -0.05) is 11.6 Å². The highest BCUT2D eigenvalue weighted by molar-refractivity contribution is 6.30. The van der Waals surface area contributed by atoms with E-state index in [2.05, 4.69) is 5.32 Å². The molecule has 3 N–H and O–H groups in total. The molecule has 1 aromatic carbocycles. The molecule has 0 spiro atoms. The molecular formula is C11H10ClNO4. The predicted octanol–water partition coefficient (Wildman–Crippen LogP) is 2.11. The second-order valence-electron chi connectivity index (χ2n) is 3.29. The van der Waals surface area contributed by atoms with Crippen LogP contribution in [0, 0.1) is 6.92 Å². The van der Waals surface area contributed by atoms with E-state index in [0.29, 0.717) is 16.8 Å². The molecule has 0 bridgehead atoms. The number of benzene rings is 1. The summed E-state index contributed by atoms with van der Waals surface area (Å²) in [7, 11) is 0. The fourth-order valence-electron chi connectivity index (χ4n) is 1.19. The Morgan fingerprint density at radius 2 is 2.00 bits per heavy atom. The molecule has 0 saturated heterocycles. The van der Waals surface area contributed by atoms with E-state index in [-0.39, 0.29) is 0 Å². The van der Waals surface area contributed by atoms with Crippen LogP contribution in [0.25, 0.3) is 0 Å². The minimum absolute atomic E-state index is 0.414. The van der Waals surface area contributed by atoms with Crippen molar-refractivity contribution >= 4 is 29.2 Å². The van der Waals surface area contributed by atoms with E-state index in [1.54, 1.807) is 25.1 Å². The molecule has 0 aromatic heterocycles. The molecule has 1 rings (SSSR count). The number of hydrogen-bond donors (Lipinski definition) is 3. The summed E-state index contributed by atoms with van der Waals surface area (Å²) < 4.78 is 0. The average molecular weight is 256 g/mol. The first kappa shape index (κ1) is 13.1. The molecule has 0 radical (unpaired) electrons. The number of hydrogen-bond acceptors (Lipinski definition) is 3. The molecule has 0 unspecified atom stereocenters. The number of halogens is 1. The fourth-order valence-corrected chi connectivity index (χ4v) is 1.41. The van der Waals surface area contributed by atoms with E-state index < -0.39 is 17.6 Å². The van der Waals surface area contributed by atoms with Crippen LogP contribution in [-0.2, 0) is 9.59 Å². The molecule has 0 heterocycles. The lowest BCUT2D eigenvalue weighted by molar-refractivity contribution is -0.134. The topological polar surface area (TPSA) is 86.6 Å². The van der Waals surface area contributed by atoms with Gasteiger partial charge in [0.1, 0.15) is 5.70 Å². The third kappa shape index (κ3) is 3.81. The van der Waals surface area contributed by atoms with Gasteiger partial charge in [0.2, 0.25) is 0 Å². The zero-order valence-corrected chi connectivity index (χ0v) is 9.65. The minimum atomic E-state index is -1.35. The zero-order chi connectivity index (χ0) is 13.0. The van der Waals surface area contributed by atoms with Crippen LogP contribution in [0.5, 0.6) is 0 Å². The normalized spacial score (nSPS) is 11.1. The van der Waals surface area contributed by atoms with E-state index in [1.165, 1.54) is 0 Å². The zero-order valence-electron chi connectivity index (χ0n) is 8.90. The number of anilines is 1. The Morgan fingerprint density at radius 3 is 2.47 bits per heavy atom. The summed E-state index contributed by atoms with van der Waals surface area (Å²) in [6.45, 7) is 1.73.